The lowest BCUT2D eigenvalue weighted by Gasteiger charge is -2.24. The highest BCUT2D eigenvalue weighted by Gasteiger charge is 2.26. The quantitative estimate of drug-likeness (QED) is 0.734. The molecule has 0 bridgehead atoms. The van der Waals surface area contributed by atoms with Crippen molar-refractivity contribution >= 4 is 17.5 Å². The van der Waals surface area contributed by atoms with Crippen LogP contribution in [0.5, 0.6) is 0 Å². The molecule has 6 nitrogen and oxygen atoms in total. The van der Waals surface area contributed by atoms with E-state index in [2.05, 4.69) is 27.5 Å². The Labute approximate surface area is 120 Å². The number of nitrogen functional groups attached to an aromatic ring is 1. The van der Waals surface area contributed by atoms with Crippen LogP contribution in [0.2, 0.25) is 0 Å². The van der Waals surface area contributed by atoms with Crippen molar-refractivity contribution in [2.75, 3.05) is 24.6 Å². The molecule has 0 unspecified atom stereocenters. The lowest BCUT2D eigenvalue weighted by molar-refractivity contribution is -0.128. The summed E-state index contributed by atoms with van der Waals surface area (Å²) in [6.45, 7) is 8.19. The first-order valence-corrected chi connectivity index (χ1v) is 6.90. The van der Waals surface area contributed by atoms with Crippen molar-refractivity contribution < 1.29 is 4.79 Å². The Bertz CT molecular complexity index is 485. The predicted molar refractivity (Wildman–Crippen MR) is 81.5 cm³/mol. The van der Waals surface area contributed by atoms with E-state index in [4.69, 9.17) is 5.73 Å². The smallest absolute Gasteiger partial charge is 0.227 e. The minimum Gasteiger partial charge on any atom is -0.383 e. The zero-order chi connectivity index (χ0) is 15.3. The van der Waals surface area contributed by atoms with Crippen molar-refractivity contribution in [2.24, 2.45) is 5.41 Å². The second-order valence-electron chi connectivity index (χ2n) is 5.57. The van der Waals surface area contributed by atoms with Gasteiger partial charge in [0.15, 0.2) is 0 Å². The second kappa shape index (κ2) is 6.54. The summed E-state index contributed by atoms with van der Waals surface area (Å²) in [7, 11) is 1.64. The van der Waals surface area contributed by atoms with Gasteiger partial charge in [0.2, 0.25) is 5.91 Å². The first-order valence-electron chi connectivity index (χ1n) is 6.90. The Morgan fingerprint density at radius 1 is 1.35 bits per heavy atom. The van der Waals surface area contributed by atoms with Crippen molar-refractivity contribution in [3.05, 3.63) is 11.4 Å². The highest BCUT2D eigenvalue weighted by molar-refractivity contribution is 5.82. The van der Waals surface area contributed by atoms with E-state index in [9.17, 15) is 4.79 Å². The molecule has 0 atom stereocenters. The van der Waals surface area contributed by atoms with Gasteiger partial charge in [-0.1, -0.05) is 6.92 Å². The number of aryl methyl sites for hydroxylation is 1. The number of amides is 1. The van der Waals surface area contributed by atoms with Gasteiger partial charge in [0.1, 0.15) is 17.5 Å². The Balaban J connectivity index is 2.89. The maximum Gasteiger partial charge on any atom is 0.227 e. The predicted octanol–water partition coefficient (Wildman–Crippen LogP) is 1.50. The fourth-order valence-corrected chi connectivity index (χ4v) is 1.81. The van der Waals surface area contributed by atoms with Crippen LogP contribution in [0, 0.1) is 12.3 Å². The summed E-state index contributed by atoms with van der Waals surface area (Å²) in [5.41, 5.74) is 6.20. The number of carbonyl (C=O) groups is 1. The van der Waals surface area contributed by atoms with Crippen molar-refractivity contribution in [3.63, 3.8) is 0 Å². The van der Waals surface area contributed by atoms with E-state index in [0.29, 0.717) is 18.2 Å². The minimum atomic E-state index is -0.522. The summed E-state index contributed by atoms with van der Waals surface area (Å²) in [5, 5.41) is 5.88. The van der Waals surface area contributed by atoms with Crippen LogP contribution in [0.25, 0.3) is 0 Å². The van der Waals surface area contributed by atoms with E-state index < -0.39 is 5.41 Å². The van der Waals surface area contributed by atoms with Gasteiger partial charge >= 0.3 is 0 Å². The fraction of sp³-hybridized carbons (Fsp3) is 0.643. The zero-order valence-electron chi connectivity index (χ0n) is 13.0. The summed E-state index contributed by atoms with van der Waals surface area (Å²) >= 11 is 0. The monoisotopic (exact) mass is 279 g/mol. The molecule has 1 rings (SSSR count). The number of rotatable bonds is 6. The molecule has 20 heavy (non-hydrogen) atoms. The van der Waals surface area contributed by atoms with Crippen LogP contribution in [-0.4, -0.2) is 29.5 Å². The number of nitrogens with one attached hydrogen (secondary N) is 2. The molecule has 0 radical (unpaired) electrons. The molecular weight excluding hydrogens is 254 g/mol. The molecule has 0 spiro atoms. The molecule has 6 heteroatoms. The fourth-order valence-electron chi connectivity index (χ4n) is 1.81. The average Bonchev–Trinajstić information content (AvgIpc) is 2.40. The SMILES string of the molecule is CCCc1nc(N)c(C)c(NCC(C)(C)C(=O)NC)n1. The molecule has 0 aromatic carbocycles. The van der Waals surface area contributed by atoms with Crippen molar-refractivity contribution in [1.82, 2.24) is 15.3 Å². The Morgan fingerprint density at radius 2 is 2.00 bits per heavy atom. The normalized spacial score (nSPS) is 11.2. The molecule has 0 saturated heterocycles. The molecule has 4 N–H and O–H groups in total. The molecule has 1 aromatic rings. The molecule has 0 aliphatic rings. The van der Waals surface area contributed by atoms with Gasteiger partial charge in [-0.15, -0.1) is 0 Å². The Morgan fingerprint density at radius 3 is 2.55 bits per heavy atom. The van der Waals surface area contributed by atoms with Gasteiger partial charge in [0, 0.05) is 25.6 Å². The molecular formula is C14H25N5O. The summed E-state index contributed by atoms with van der Waals surface area (Å²) < 4.78 is 0. The van der Waals surface area contributed by atoms with E-state index in [1.165, 1.54) is 0 Å². The second-order valence-corrected chi connectivity index (χ2v) is 5.57. The zero-order valence-corrected chi connectivity index (χ0v) is 13.0. The number of anilines is 2. The van der Waals surface area contributed by atoms with Crippen LogP contribution in [0.4, 0.5) is 11.6 Å². The molecule has 1 aromatic heterocycles. The minimum absolute atomic E-state index is 0.0153. The highest BCUT2D eigenvalue weighted by Crippen LogP contribution is 2.21. The lowest BCUT2D eigenvalue weighted by Crippen LogP contribution is -2.39. The van der Waals surface area contributed by atoms with Gasteiger partial charge in [0.05, 0.1) is 5.41 Å². The lowest BCUT2D eigenvalue weighted by atomic mass is 9.92. The van der Waals surface area contributed by atoms with E-state index in [0.717, 1.165) is 24.2 Å². The van der Waals surface area contributed by atoms with Crippen LogP contribution in [-0.2, 0) is 11.2 Å². The number of nitrogens with zero attached hydrogens (tertiary/aromatic N) is 2. The molecule has 1 amide bonds. The van der Waals surface area contributed by atoms with Crippen molar-refractivity contribution in [2.45, 2.75) is 40.5 Å². The Hall–Kier alpha value is -1.85. The number of nitrogens with two attached hydrogens (primary N) is 1. The van der Waals surface area contributed by atoms with Crippen LogP contribution in [0.15, 0.2) is 0 Å². The third-order valence-corrected chi connectivity index (χ3v) is 3.24. The highest BCUT2D eigenvalue weighted by atomic mass is 16.2. The number of carbonyl (C=O) groups excluding carboxylic acids is 1. The summed E-state index contributed by atoms with van der Waals surface area (Å²) in [5.74, 6) is 1.91. The van der Waals surface area contributed by atoms with Crippen LogP contribution < -0.4 is 16.4 Å². The molecule has 0 aliphatic carbocycles. The maximum absolute atomic E-state index is 11.8. The van der Waals surface area contributed by atoms with Crippen LogP contribution in [0.1, 0.15) is 38.6 Å². The van der Waals surface area contributed by atoms with E-state index in [1.54, 1.807) is 7.05 Å². The molecule has 112 valence electrons. The van der Waals surface area contributed by atoms with Crippen molar-refractivity contribution in [1.29, 1.82) is 0 Å². The van der Waals surface area contributed by atoms with Gasteiger partial charge < -0.3 is 16.4 Å². The first kappa shape index (κ1) is 16.2. The summed E-state index contributed by atoms with van der Waals surface area (Å²) in [6.07, 6.45) is 1.75. The Kier molecular flexibility index (Phi) is 5.30. The van der Waals surface area contributed by atoms with Crippen molar-refractivity contribution in [3.8, 4) is 0 Å². The number of hydrogen-bond donors (Lipinski definition) is 3. The van der Waals surface area contributed by atoms with E-state index >= 15 is 0 Å². The maximum atomic E-state index is 11.8. The first-order chi connectivity index (χ1) is 9.31. The van der Waals surface area contributed by atoms with E-state index in [1.807, 2.05) is 20.8 Å². The van der Waals surface area contributed by atoms with Gasteiger partial charge in [-0.25, -0.2) is 9.97 Å². The molecule has 0 saturated carbocycles. The standard InChI is InChI=1S/C14H25N5O/c1-6-7-10-18-11(15)9(2)12(19-10)17-8-14(3,4)13(20)16-5/h6-8H2,1-5H3,(H,16,20)(H3,15,17,18,19). The number of aromatic nitrogens is 2. The van der Waals surface area contributed by atoms with Gasteiger partial charge in [-0.05, 0) is 27.2 Å². The van der Waals surface area contributed by atoms with Gasteiger partial charge in [-0.3, -0.25) is 4.79 Å². The third-order valence-electron chi connectivity index (χ3n) is 3.24. The average molecular weight is 279 g/mol. The van der Waals surface area contributed by atoms with Crippen LogP contribution in [0.3, 0.4) is 0 Å². The molecule has 0 fully saturated rings. The van der Waals surface area contributed by atoms with Gasteiger partial charge in [0.25, 0.3) is 0 Å². The summed E-state index contributed by atoms with van der Waals surface area (Å²) in [6, 6.07) is 0. The summed E-state index contributed by atoms with van der Waals surface area (Å²) in [4.78, 5) is 20.5. The van der Waals surface area contributed by atoms with E-state index in [-0.39, 0.29) is 5.91 Å². The number of hydrogen-bond acceptors (Lipinski definition) is 5. The largest absolute Gasteiger partial charge is 0.383 e. The third kappa shape index (κ3) is 3.82. The molecule has 0 aliphatic heterocycles. The molecule has 1 heterocycles. The topological polar surface area (TPSA) is 92.9 Å². The van der Waals surface area contributed by atoms with Gasteiger partial charge in [-0.2, -0.15) is 0 Å². The van der Waals surface area contributed by atoms with Crippen LogP contribution >= 0.6 is 0 Å².